The van der Waals surface area contributed by atoms with Crippen LogP contribution < -0.4 is 16.6 Å². The number of hydrogen-bond donors (Lipinski definition) is 3. The van der Waals surface area contributed by atoms with Gasteiger partial charge < -0.3 is 16.0 Å². The van der Waals surface area contributed by atoms with Gasteiger partial charge in [0.15, 0.2) is 0 Å². The van der Waals surface area contributed by atoms with Gasteiger partial charge in [-0.2, -0.15) is 0 Å². The molecule has 4 N–H and O–H groups in total. The number of H-pyrrole nitrogens is 1. The molecule has 0 bridgehead atoms. The van der Waals surface area contributed by atoms with Crippen LogP contribution in [0.5, 0.6) is 0 Å². The molecule has 1 fully saturated rings. The number of nitrogens with zero attached hydrogens (tertiary/aromatic N) is 3. The molecule has 0 amide bonds. The van der Waals surface area contributed by atoms with E-state index in [0.29, 0.717) is 10.9 Å². The predicted octanol–water partition coefficient (Wildman–Crippen LogP) is 2.43. The highest BCUT2D eigenvalue weighted by atomic mass is 16.1. The molecule has 7 nitrogen and oxygen atoms in total. The summed E-state index contributed by atoms with van der Waals surface area (Å²) in [5.41, 5.74) is 9.01. The van der Waals surface area contributed by atoms with Crippen LogP contribution in [0.4, 0.5) is 5.95 Å². The quantitative estimate of drug-likeness (QED) is 0.500. The average molecular weight is 384 g/mol. The number of nitrogen functional groups attached to an aromatic ring is 1. The molecule has 2 aromatic carbocycles. The number of anilines is 1. The lowest BCUT2D eigenvalue weighted by atomic mass is 9.88. The van der Waals surface area contributed by atoms with Crippen LogP contribution in [0.25, 0.3) is 22.0 Å². The highest BCUT2D eigenvalue weighted by Gasteiger charge is 2.31. The van der Waals surface area contributed by atoms with E-state index in [0.717, 1.165) is 30.0 Å². The summed E-state index contributed by atoms with van der Waals surface area (Å²) < 4.78 is 0. The van der Waals surface area contributed by atoms with Gasteiger partial charge in [-0.1, -0.05) is 36.4 Å². The number of rotatable bonds is 3. The van der Waals surface area contributed by atoms with Gasteiger partial charge in [0.05, 0.1) is 10.9 Å². The van der Waals surface area contributed by atoms with E-state index in [1.54, 1.807) is 12.4 Å². The SMILES string of the molecule is Nc1ncc(-c2ccc3nc([C@@H]4CNC[C@H]4c4ccccc4)[nH]c(=O)c3c2)cn1. The molecule has 0 unspecified atom stereocenters. The Bertz CT molecular complexity index is 1220. The molecule has 5 rings (SSSR count). The molecule has 3 heterocycles. The maximum absolute atomic E-state index is 12.9. The summed E-state index contributed by atoms with van der Waals surface area (Å²) >= 11 is 0. The van der Waals surface area contributed by atoms with E-state index in [4.69, 9.17) is 10.7 Å². The first-order valence-electron chi connectivity index (χ1n) is 9.56. The topological polar surface area (TPSA) is 110 Å². The van der Waals surface area contributed by atoms with Gasteiger partial charge in [0.2, 0.25) is 5.95 Å². The summed E-state index contributed by atoms with van der Waals surface area (Å²) in [5, 5.41) is 3.98. The smallest absolute Gasteiger partial charge is 0.258 e. The Balaban J connectivity index is 1.54. The molecule has 7 heteroatoms. The van der Waals surface area contributed by atoms with E-state index in [2.05, 4.69) is 32.4 Å². The molecule has 1 aliphatic heterocycles. The summed E-state index contributed by atoms with van der Waals surface area (Å²) in [5.74, 6) is 1.35. The van der Waals surface area contributed by atoms with Gasteiger partial charge in [0.25, 0.3) is 5.56 Å². The fourth-order valence-electron chi connectivity index (χ4n) is 4.02. The Hall–Kier alpha value is -3.58. The fourth-order valence-corrected chi connectivity index (χ4v) is 4.02. The molecular weight excluding hydrogens is 364 g/mol. The van der Waals surface area contributed by atoms with Gasteiger partial charge in [-0.25, -0.2) is 15.0 Å². The Morgan fingerprint density at radius 1 is 0.931 bits per heavy atom. The van der Waals surface area contributed by atoms with Crippen LogP contribution >= 0.6 is 0 Å². The summed E-state index contributed by atoms with van der Waals surface area (Å²) in [6.45, 7) is 1.65. The van der Waals surface area contributed by atoms with Crippen LogP contribution in [0.15, 0.2) is 65.7 Å². The van der Waals surface area contributed by atoms with E-state index >= 15 is 0 Å². The number of fused-ring (bicyclic) bond motifs is 1. The van der Waals surface area contributed by atoms with Crippen LogP contribution in [0.3, 0.4) is 0 Å². The van der Waals surface area contributed by atoms with Crippen LogP contribution in [0.2, 0.25) is 0 Å². The number of nitrogens with two attached hydrogens (primary N) is 1. The van der Waals surface area contributed by atoms with Crippen molar-refractivity contribution in [2.24, 2.45) is 0 Å². The number of benzene rings is 2. The Morgan fingerprint density at radius 3 is 2.48 bits per heavy atom. The normalized spacial score (nSPS) is 18.9. The van der Waals surface area contributed by atoms with Crippen molar-refractivity contribution in [3.05, 3.63) is 82.7 Å². The van der Waals surface area contributed by atoms with Crippen molar-refractivity contribution in [2.75, 3.05) is 18.8 Å². The first-order chi connectivity index (χ1) is 14.2. The van der Waals surface area contributed by atoms with Gasteiger partial charge in [-0.05, 0) is 23.3 Å². The van der Waals surface area contributed by atoms with Crippen molar-refractivity contribution in [2.45, 2.75) is 11.8 Å². The fraction of sp³-hybridized carbons (Fsp3) is 0.182. The lowest BCUT2D eigenvalue weighted by molar-refractivity contribution is 0.627. The molecule has 1 aliphatic rings. The van der Waals surface area contributed by atoms with Crippen LogP contribution in [-0.4, -0.2) is 33.0 Å². The molecule has 0 saturated carbocycles. The summed E-state index contributed by atoms with van der Waals surface area (Å²) in [4.78, 5) is 28.7. The van der Waals surface area contributed by atoms with Crippen molar-refractivity contribution in [3.8, 4) is 11.1 Å². The van der Waals surface area contributed by atoms with Crippen LogP contribution in [-0.2, 0) is 0 Å². The first kappa shape index (κ1) is 17.5. The van der Waals surface area contributed by atoms with Gasteiger partial charge in [-0.15, -0.1) is 0 Å². The third kappa shape index (κ3) is 3.25. The van der Waals surface area contributed by atoms with E-state index in [1.807, 2.05) is 36.4 Å². The molecule has 2 atom stereocenters. The molecule has 4 aromatic rings. The molecule has 29 heavy (non-hydrogen) atoms. The largest absolute Gasteiger partial charge is 0.368 e. The zero-order valence-electron chi connectivity index (χ0n) is 15.7. The molecule has 0 radical (unpaired) electrons. The molecule has 144 valence electrons. The van der Waals surface area contributed by atoms with Crippen LogP contribution in [0.1, 0.15) is 23.2 Å². The minimum absolute atomic E-state index is 0.125. The van der Waals surface area contributed by atoms with Crippen molar-refractivity contribution in [3.63, 3.8) is 0 Å². The van der Waals surface area contributed by atoms with Gasteiger partial charge in [-0.3, -0.25) is 4.79 Å². The maximum atomic E-state index is 12.9. The van der Waals surface area contributed by atoms with E-state index < -0.39 is 0 Å². The molecule has 1 saturated heterocycles. The van der Waals surface area contributed by atoms with Crippen molar-refractivity contribution in [1.29, 1.82) is 0 Å². The van der Waals surface area contributed by atoms with Gasteiger partial charge in [0, 0.05) is 42.9 Å². The zero-order valence-corrected chi connectivity index (χ0v) is 15.7. The molecule has 2 aromatic heterocycles. The van der Waals surface area contributed by atoms with E-state index in [1.165, 1.54) is 5.56 Å². The standard InChI is InChI=1S/C22H20N6O/c23-22-25-9-15(10-26-22)14-6-7-19-16(8-14)21(29)28-20(27-19)18-12-24-11-17(18)13-4-2-1-3-5-13/h1-10,17-18,24H,11-12H2,(H2,23,25,26)(H,27,28,29)/t17-,18+/m0/s1. The monoisotopic (exact) mass is 384 g/mol. The second-order valence-corrected chi connectivity index (χ2v) is 7.29. The third-order valence-electron chi connectivity index (χ3n) is 5.52. The second-order valence-electron chi connectivity index (χ2n) is 7.29. The van der Waals surface area contributed by atoms with Crippen LogP contribution in [0, 0.1) is 0 Å². The number of aromatic nitrogens is 4. The predicted molar refractivity (Wildman–Crippen MR) is 113 cm³/mol. The molecular formula is C22H20N6O. The van der Waals surface area contributed by atoms with Gasteiger partial charge in [0.1, 0.15) is 5.82 Å². The second kappa shape index (κ2) is 7.10. The van der Waals surface area contributed by atoms with Crippen molar-refractivity contribution >= 4 is 16.9 Å². The Morgan fingerprint density at radius 2 is 1.69 bits per heavy atom. The summed E-state index contributed by atoms with van der Waals surface area (Å²) in [7, 11) is 0. The average Bonchev–Trinajstić information content (AvgIpc) is 3.25. The summed E-state index contributed by atoms with van der Waals surface area (Å²) in [6, 6.07) is 16.0. The molecule has 0 spiro atoms. The summed E-state index contributed by atoms with van der Waals surface area (Å²) in [6.07, 6.45) is 3.29. The number of hydrogen-bond acceptors (Lipinski definition) is 6. The highest BCUT2D eigenvalue weighted by Crippen LogP contribution is 2.34. The lowest BCUT2D eigenvalue weighted by Gasteiger charge is -2.18. The van der Waals surface area contributed by atoms with E-state index in [9.17, 15) is 4.79 Å². The maximum Gasteiger partial charge on any atom is 0.258 e. The lowest BCUT2D eigenvalue weighted by Crippen LogP contribution is -2.19. The van der Waals surface area contributed by atoms with E-state index in [-0.39, 0.29) is 23.3 Å². The highest BCUT2D eigenvalue weighted by molar-refractivity contribution is 5.83. The Kier molecular flexibility index (Phi) is 4.29. The Labute approximate surface area is 167 Å². The van der Waals surface area contributed by atoms with Crippen molar-refractivity contribution in [1.82, 2.24) is 25.3 Å². The van der Waals surface area contributed by atoms with Gasteiger partial charge >= 0.3 is 0 Å². The number of aromatic amines is 1. The zero-order chi connectivity index (χ0) is 19.8. The molecule has 0 aliphatic carbocycles. The first-order valence-corrected chi connectivity index (χ1v) is 9.56. The minimum Gasteiger partial charge on any atom is -0.368 e. The third-order valence-corrected chi connectivity index (χ3v) is 5.52. The minimum atomic E-state index is -0.137. The van der Waals surface area contributed by atoms with Crippen molar-refractivity contribution < 1.29 is 0 Å². The number of nitrogens with one attached hydrogen (secondary N) is 2.